The van der Waals surface area contributed by atoms with E-state index in [0.717, 1.165) is 32.0 Å². The van der Waals surface area contributed by atoms with Crippen molar-refractivity contribution in [2.24, 2.45) is 5.92 Å². The number of methoxy groups -OCH3 is 1. The molecule has 0 bridgehead atoms. The Morgan fingerprint density at radius 2 is 2.00 bits per heavy atom. The molecule has 0 unspecified atom stereocenters. The summed E-state index contributed by atoms with van der Waals surface area (Å²) in [7, 11) is 1.76. The van der Waals surface area contributed by atoms with Crippen molar-refractivity contribution in [2.75, 3.05) is 46.4 Å². The van der Waals surface area contributed by atoms with Crippen LogP contribution in [0.2, 0.25) is 0 Å². The maximum absolute atomic E-state index is 5.02. The highest BCUT2D eigenvalue weighted by Gasteiger charge is 2.17. The number of hydrogen-bond acceptors (Lipinski definition) is 3. The van der Waals surface area contributed by atoms with Gasteiger partial charge in [-0.05, 0) is 44.8 Å². The molecular formula is C14H30N2O. The molecule has 102 valence electrons. The summed E-state index contributed by atoms with van der Waals surface area (Å²) in [5, 5.41) is 3.48. The maximum atomic E-state index is 5.02. The molecular weight excluding hydrogens is 212 g/mol. The van der Waals surface area contributed by atoms with Crippen LogP contribution < -0.4 is 5.32 Å². The fourth-order valence-corrected chi connectivity index (χ4v) is 2.61. The second-order valence-electron chi connectivity index (χ2n) is 5.17. The Labute approximate surface area is 107 Å². The highest BCUT2D eigenvalue weighted by atomic mass is 16.5. The van der Waals surface area contributed by atoms with Gasteiger partial charge in [-0.15, -0.1) is 0 Å². The summed E-state index contributed by atoms with van der Waals surface area (Å²) >= 11 is 0. The molecule has 17 heavy (non-hydrogen) atoms. The second-order valence-corrected chi connectivity index (χ2v) is 5.17. The third-order valence-corrected chi connectivity index (χ3v) is 3.71. The van der Waals surface area contributed by atoms with Crippen LogP contribution in [-0.4, -0.2) is 51.3 Å². The highest BCUT2D eigenvalue weighted by Crippen LogP contribution is 2.21. The van der Waals surface area contributed by atoms with Gasteiger partial charge in [-0.3, -0.25) is 0 Å². The van der Waals surface area contributed by atoms with Crippen molar-refractivity contribution < 1.29 is 4.74 Å². The van der Waals surface area contributed by atoms with Gasteiger partial charge in [0.1, 0.15) is 0 Å². The molecule has 0 aromatic rings. The molecule has 1 aliphatic rings. The number of nitrogens with zero attached hydrogens (tertiary/aromatic N) is 1. The molecule has 0 radical (unpaired) electrons. The first kappa shape index (κ1) is 14.9. The average Bonchev–Trinajstić information content (AvgIpc) is 2.36. The predicted octanol–water partition coefficient (Wildman–Crippen LogP) is 2.12. The molecule has 0 atom stereocenters. The van der Waals surface area contributed by atoms with Gasteiger partial charge in [0.15, 0.2) is 0 Å². The number of ether oxygens (including phenoxy) is 1. The number of likely N-dealkylation sites (tertiary alicyclic amines) is 1. The van der Waals surface area contributed by atoms with Crippen LogP contribution in [0.15, 0.2) is 0 Å². The largest absolute Gasteiger partial charge is 0.385 e. The molecule has 1 fully saturated rings. The van der Waals surface area contributed by atoms with Gasteiger partial charge in [-0.2, -0.15) is 0 Å². The van der Waals surface area contributed by atoms with Crippen LogP contribution in [-0.2, 0) is 4.74 Å². The van der Waals surface area contributed by atoms with Crippen molar-refractivity contribution >= 4 is 0 Å². The van der Waals surface area contributed by atoms with Crippen molar-refractivity contribution in [2.45, 2.75) is 39.0 Å². The number of nitrogens with one attached hydrogen (secondary N) is 1. The van der Waals surface area contributed by atoms with Crippen LogP contribution in [0.3, 0.4) is 0 Å². The van der Waals surface area contributed by atoms with Gasteiger partial charge in [0.05, 0.1) is 0 Å². The fraction of sp³-hybridized carbons (Fsp3) is 1.00. The summed E-state index contributed by atoms with van der Waals surface area (Å²) < 4.78 is 5.02. The van der Waals surface area contributed by atoms with Crippen LogP contribution in [0.5, 0.6) is 0 Å². The lowest BCUT2D eigenvalue weighted by atomic mass is 9.92. The lowest BCUT2D eigenvalue weighted by Gasteiger charge is -2.31. The molecule has 0 aliphatic carbocycles. The topological polar surface area (TPSA) is 24.5 Å². The van der Waals surface area contributed by atoms with Crippen LogP contribution in [0.25, 0.3) is 0 Å². The smallest absolute Gasteiger partial charge is 0.0474 e. The van der Waals surface area contributed by atoms with E-state index in [4.69, 9.17) is 4.74 Å². The maximum Gasteiger partial charge on any atom is 0.0474 e. The van der Waals surface area contributed by atoms with E-state index >= 15 is 0 Å². The predicted molar refractivity (Wildman–Crippen MR) is 73.4 cm³/mol. The molecule has 0 aromatic carbocycles. The Balaban J connectivity index is 1.91. The molecule has 1 aliphatic heterocycles. The van der Waals surface area contributed by atoms with Crippen molar-refractivity contribution in [3.63, 3.8) is 0 Å². The summed E-state index contributed by atoms with van der Waals surface area (Å²) in [6, 6.07) is 0. The first-order valence-electron chi connectivity index (χ1n) is 7.28. The molecule has 1 heterocycles. The van der Waals surface area contributed by atoms with E-state index in [9.17, 15) is 0 Å². The van der Waals surface area contributed by atoms with Gasteiger partial charge >= 0.3 is 0 Å². The second kappa shape index (κ2) is 9.86. The van der Waals surface area contributed by atoms with Crippen LogP contribution in [0, 0.1) is 5.92 Å². The SMILES string of the molecule is CCCC1CCN(CCNCCCOC)CC1. The summed E-state index contributed by atoms with van der Waals surface area (Å²) in [5.74, 6) is 1.01. The summed E-state index contributed by atoms with van der Waals surface area (Å²) in [6.45, 7) is 9.22. The molecule has 0 spiro atoms. The monoisotopic (exact) mass is 242 g/mol. The van der Waals surface area contributed by atoms with Gasteiger partial charge in [0.25, 0.3) is 0 Å². The third-order valence-electron chi connectivity index (χ3n) is 3.71. The molecule has 1 saturated heterocycles. The van der Waals surface area contributed by atoms with Crippen LogP contribution in [0.1, 0.15) is 39.0 Å². The number of rotatable bonds is 9. The summed E-state index contributed by atoms with van der Waals surface area (Å²) in [4.78, 5) is 2.61. The van der Waals surface area contributed by atoms with E-state index < -0.39 is 0 Å². The first-order valence-corrected chi connectivity index (χ1v) is 7.28. The van der Waals surface area contributed by atoms with Crippen molar-refractivity contribution in [1.82, 2.24) is 10.2 Å². The van der Waals surface area contributed by atoms with E-state index in [1.165, 1.54) is 45.3 Å². The van der Waals surface area contributed by atoms with Gasteiger partial charge < -0.3 is 15.0 Å². The zero-order valence-electron chi connectivity index (χ0n) is 11.7. The molecule has 0 amide bonds. The van der Waals surface area contributed by atoms with Crippen LogP contribution in [0.4, 0.5) is 0 Å². The summed E-state index contributed by atoms with van der Waals surface area (Å²) in [6.07, 6.45) is 6.74. The number of piperidine rings is 1. The Morgan fingerprint density at radius 1 is 1.24 bits per heavy atom. The highest BCUT2D eigenvalue weighted by molar-refractivity contribution is 4.72. The average molecular weight is 242 g/mol. The third kappa shape index (κ3) is 7.02. The Morgan fingerprint density at radius 3 is 2.65 bits per heavy atom. The van der Waals surface area contributed by atoms with E-state index in [1.807, 2.05) is 0 Å². The van der Waals surface area contributed by atoms with Gasteiger partial charge in [-0.25, -0.2) is 0 Å². The van der Waals surface area contributed by atoms with Gasteiger partial charge in [0, 0.05) is 26.8 Å². The molecule has 1 rings (SSSR count). The molecule has 0 saturated carbocycles. The van der Waals surface area contributed by atoms with Gasteiger partial charge in [-0.1, -0.05) is 19.8 Å². The van der Waals surface area contributed by atoms with Crippen molar-refractivity contribution in [3.05, 3.63) is 0 Å². The molecule has 0 aromatic heterocycles. The lowest BCUT2D eigenvalue weighted by molar-refractivity contribution is 0.176. The Bertz CT molecular complexity index is 168. The quantitative estimate of drug-likeness (QED) is 0.627. The van der Waals surface area contributed by atoms with Crippen LogP contribution >= 0.6 is 0 Å². The zero-order chi connectivity index (χ0) is 12.3. The molecule has 3 heteroatoms. The van der Waals surface area contributed by atoms with Crippen molar-refractivity contribution in [3.8, 4) is 0 Å². The van der Waals surface area contributed by atoms with E-state index in [1.54, 1.807) is 7.11 Å². The standard InChI is InChI=1S/C14H30N2O/c1-3-5-14-6-10-16(11-7-14)12-9-15-8-4-13-17-2/h14-15H,3-13H2,1-2H3. The lowest BCUT2D eigenvalue weighted by Crippen LogP contribution is -2.38. The molecule has 3 nitrogen and oxygen atoms in total. The minimum absolute atomic E-state index is 0.870. The normalized spacial score (nSPS) is 18.7. The minimum Gasteiger partial charge on any atom is -0.385 e. The van der Waals surface area contributed by atoms with E-state index in [-0.39, 0.29) is 0 Å². The number of hydrogen-bond donors (Lipinski definition) is 1. The van der Waals surface area contributed by atoms with Gasteiger partial charge in [0.2, 0.25) is 0 Å². The summed E-state index contributed by atoms with van der Waals surface area (Å²) in [5.41, 5.74) is 0. The Hall–Kier alpha value is -0.120. The van der Waals surface area contributed by atoms with E-state index in [0.29, 0.717) is 0 Å². The minimum atomic E-state index is 0.870. The first-order chi connectivity index (χ1) is 8.36. The van der Waals surface area contributed by atoms with Crippen molar-refractivity contribution in [1.29, 1.82) is 0 Å². The fourth-order valence-electron chi connectivity index (χ4n) is 2.61. The zero-order valence-corrected chi connectivity index (χ0v) is 11.7. The van der Waals surface area contributed by atoms with E-state index in [2.05, 4.69) is 17.1 Å². The Kier molecular flexibility index (Phi) is 8.67. The molecule has 1 N–H and O–H groups in total.